The predicted molar refractivity (Wildman–Crippen MR) is 153 cm³/mol. The van der Waals surface area contributed by atoms with Crippen molar-refractivity contribution in [1.29, 1.82) is 0 Å². The van der Waals surface area contributed by atoms with E-state index >= 15 is 0 Å². The predicted octanol–water partition coefficient (Wildman–Crippen LogP) is 7.58. The van der Waals surface area contributed by atoms with Crippen LogP contribution in [0.2, 0.25) is 0 Å². The lowest BCUT2D eigenvalue weighted by Crippen LogP contribution is -2.19. The molecule has 0 N–H and O–H groups in total. The normalized spacial score (nSPS) is 11.0. The van der Waals surface area contributed by atoms with Gasteiger partial charge >= 0.3 is 5.97 Å². The molecule has 0 aliphatic rings. The van der Waals surface area contributed by atoms with Crippen LogP contribution >= 0.6 is 0 Å². The van der Waals surface area contributed by atoms with Crippen LogP contribution in [0.4, 0.5) is 0 Å². The average Bonchev–Trinajstić information content (AvgIpc) is 2.96. The molecule has 198 valence electrons. The van der Waals surface area contributed by atoms with Crippen molar-refractivity contribution in [3.63, 3.8) is 0 Å². The zero-order valence-corrected chi connectivity index (χ0v) is 22.7. The first-order chi connectivity index (χ1) is 18.7. The van der Waals surface area contributed by atoms with E-state index in [1.807, 2.05) is 73.7 Å². The van der Waals surface area contributed by atoms with Crippen molar-refractivity contribution >= 4 is 11.8 Å². The molecule has 0 radical (unpaired) electrons. The van der Waals surface area contributed by atoms with Crippen molar-refractivity contribution in [1.82, 2.24) is 0 Å². The van der Waals surface area contributed by atoms with Gasteiger partial charge in [-0.1, -0.05) is 68.5 Å². The average molecular weight is 521 g/mol. The number of hydrogen-bond donors (Lipinski definition) is 0. The molecule has 5 heteroatoms. The van der Waals surface area contributed by atoms with Gasteiger partial charge in [-0.25, -0.2) is 4.79 Å². The van der Waals surface area contributed by atoms with Gasteiger partial charge in [-0.2, -0.15) is 0 Å². The SMILES string of the molecule is C=CC(=O)OCc1cc(C(C)(C)c2ccc(OC)cc2)ccc1Oc1ccc(C(=O)c2ccc(C)cc2)cc1. The van der Waals surface area contributed by atoms with Crippen molar-refractivity contribution in [2.45, 2.75) is 32.8 Å². The van der Waals surface area contributed by atoms with Crippen molar-refractivity contribution in [3.8, 4) is 17.2 Å². The second kappa shape index (κ2) is 11.8. The molecule has 0 aliphatic heterocycles. The summed E-state index contributed by atoms with van der Waals surface area (Å²) >= 11 is 0. The molecule has 0 amide bonds. The first kappa shape index (κ1) is 27.4. The van der Waals surface area contributed by atoms with Gasteiger partial charge in [0.1, 0.15) is 23.9 Å². The van der Waals surface area contributed by atoms with Gasteiger partial charge in [0.25, 0.3) is 0 Å². The lowest BCUT2D eigenvalue weighted by Gasteiger charge is -2.27. The van der Waals surface area contributed by atoms with E-state index in [0.29, 0.717) is 28.2 Å². The summed E-state index contributed by atoms with van der Waals surface area (Å²) in [5.74, 6) is 1.35. The van der Waals surface area contributed by atoms with Gasteiger partial charge in [0.15, 0.2) is 5.78 Å². The number of ketones is 1. The lowest BCUT2D eigenvalue weighted by atomic mass is 9.77. The molecule has 0 saturated heterocycles. The van der Waals surface area contributed by atoms with Crippen molar-refractivity contribution in [3.05, 3.63) is 137 Å². The molecular formula is C34H32O5. The number of ether oxygens (including phenoxy) is 3. The third-order valence-corrected chi connectivity index (χ3v) is 6.79. The van der Waals surface area contributed by atoms with E-state index in [9.17, 15) is 9.59 Å². The molecule has 4 aromatic rings. The van der Waals surface area contributed by atoms with Crippen LogP contribution in [0.15, 0.2) is 104 Å². The third kappa shape index (κ3) is 6.44. The number of aryl methyl sites for hydroxylation is 1. The zero-order valence-electron chi connectivity index (χ0n) is 22.7. The highest BCUT2D eigenvalue weighted by molar-refractivity contribution is 6.09. The number of hydrogen-bond acceptors (Lipinski definition) is 5. The summed E-state index contributed by atoms with van der Waals surface area (Å²) in [6.07, 6.45) is 1.13. The first-order valence-electron chi connectivity index (χ1n) is 12.7. The van der Waals surface area contributed by atoms with Gasteiger partial charge in [-0.3, -0.25) is 4.79 Å². The Balaban J connectivity index is 1.60. The number of rotatable bonds is 10. The smallest absolute Gasteiger partial charge is 0.330 e. The monoisotopic (exact) mass is 520 g/mol. The summed E-state index contributed by atoms with van der Waals surface area (Å²) in [6.45, 7) is 9.75. The van der Waals surface area contributed by atoms with Crippen LogP contribution < -0.4 is 9.47 Å². The summed E-state index contributed by atoms with van der Waals surface area (Å²) in [4.78, 5) is 24.7. The van der Waals surface area contributed by atoms with Gasteiger partial charge in [0.2, 0.25) is 0 Å². The van der Waals surface area contributed by atoms with E-state index in [-0.39, 0.29) is 17.8 Å². The molecule has 0 heterocycles. The largest absolute Gasteiger partial charge is 0.497 e. The van der Waals surface area contributed by atoms with Gasteiger partial charge in [0, 0.05) is 28.2 Å². The summed E-state index contributed by atoms with van der Waals surface area (Å²) in [7, 11) is 1.64. The minimum atomic E-state index is -0.514. The Labute approximate surface area is 229 Å². The topological polar surface area (TPSA) is 61.8 Å². The van der Waals surface area contributed by atoms with Crippen molar-refractivity contribution < 1.29 is 23.8 Å². The third-order valence-electron chi connectivity index (χ3n) is 6.79. The number of carbonyl (C=O) groups excluding carboxylic acids is 2. The Kier molecular flexibility index (Phi) is 8.30. The van der Waals surface area contributed by atoms with Crippen LogP contribution in [0.25, 0.3) is 0 Å². The number of carbonyl (C=O) groups is 2. The van der Waals surface area contributed by atoms with E-state index in [1.54, 1.807) is 31.4 Å². The van der Waals surface area contributed by atoms with Crippen LogP contribution in [0, 0.1) is 6.92 Å². The second-order valence-electron chi connectivity index (χ2n) is 9.81. The Morgan fingerprint density at radius 1 is 0.795 bits per heavy atom. The van der Waals surface area contributed by atoms with Crippen LogP contribution in [0.1, 0.15) is 52.0 Å². The standard InChI is InChI=1S/C34H32O5/c1-6-32(35)38-22-26-21-28(34(3,4)27-13-18-29(37-5)19-14-27)15-20-31(26)39-30-16-11-25(12-17-30)33(36)24-9-7-23(2)8-10-24/h6-21H,1,22H2,2-5H3. The molecule has 5 nitrogen and oxygen atoms in total. The van der Waals surface area contributed by atoms with E-state index in [0.717, 1.165) is 28.5 Å². The van der Waals surface area contributed by atoms with Crippen molar-refractivity contribution in [2.24, 2.45) is 0 Å². The van der Waals surface area contributed by atoms with Crippen molar-refractivity contribution in [2.75, 3.05) is 7.11 Å². The molecule has 0 bridgehead atoms. The van der Waals surface area contributed by atoms with Gasteiger partial charge in [-0.05, 0) is 66.6 Å². The van der Waals surface area contributed by atoms with Gasteiger partial charge in [-0.15, -0.1) is 0 Å². The first-order valence-corrected chi connectivity index (χ1v) is 12.7. The maximum Gasteiger partial charge on any atom is 0.330 e. The van der Waals surface area contributed by atoms with Gasteiger partial charge in [0.05, 0.1) is 7.11 Å². The molecule has 0 aromatic heterocycles. The molecule has 0 saturated carbocycles. The Hall–Kier alpha value is -4.64. The molecule has 4 aromatic carbocycles. The molecule has 0 spiro atoms. The fraction of sp³-hybridized carbons (Fsp3) is 0.176. The minimum Gasteiger partial charge on any atom is -0.497 e. The molecule has 4 rings (SSSR count). The van der Waals surface area contributed by atoms with E-state index in [4.69, 9.17) is 14.2 Å². The van der Waals surface area contributed by atoms with E-state index < -0.39 is 5.97 Å². The van der Waals surface area contributed by atoms with Crippen LogP contribution in [0.5, 0.6) is 17.2 Å². The fourth-order valence-electron chi connectivity index (χ4n) is 4.24. The molecule has 39 heavy (non-hydrogen) atoms. The van der Waals surface area contributed by atoms with Crippen LogP contribution in [-0.2, 0) is 21.6 Å². The lowest BCUT2D eigenvalue weighted by molar-refractivity contribution is -0.139. The molecule has 0 fully saturated rings. The molecule has 0 aliphatic carbocycles. The van der Waals surface area contributed by atoms with E-state index in [1.165, 1.54) is 0 Å². The second-order valence-corrected chi connectivity index (χ2v) is 9.81. The summed E-state index contributed by atoms with van der Waals surface area (Å²) in [5, 5.41) is 0. The molecular weight excluding hydrogens is 488 g/mol. The van der Waals surface area contributed by atoms with E-state index in [2.05, 4.69) is 20.4 Å². The number of methoxy groups -OCH3 is 1. The minimum absolute atomic E-state index is 0.0245. The van der Waals surface area contributed by atoms with Gasteiger partial charge < -0.3 is 14.2 Å². The highest BCUT2D eigenvalue weighted by atomic mass is 16.5. The van der Waals surface area contributed by atoms with Crippen LogP contribution in [-0.4, -0.2) is 18.9 Å². The maximum absolute atomic E-state index is 12.8. The molecule has 0 atom stereocenters. The summed E-state index contributed by atoms with van der Waals surface area (Å²) in [5.41, 5.74) is 4.83. The Bertz CT molecular complexity index is 1460. The maximum atomic E-state index is 12.8. The summed E-state index contributed by atoms with van der Waals surface area (Å²) in [6, 6.07) is 28.3. The summed E-state index contributed by atoms with van der Waals surface area (Å²) < 4.78 is 16.9. The molecule has 0 unspecified atom stereocenters. The quantitative estimate of drug-likeness (QED) is 0.123. The highest BCUT2D eigenvalue weighted by Crippen LogP contribution is 2.36. The zero-order chi connectivity index (χ0) is 28.0. The number of benzene rings is 4. The van der Waals surface area contributed by atoms with Crippen LogP contribution in [0.3, 0.4) is 0 Å². The Morgan fingerprint density at radius 2 is 1.36 bits per heavy atom. The Morgan fingerprint density at radius 3 is 1.95 bits per heavy atom. The number of esters is 1. The fourth-order valence-corrected chi connectivity index (χ4v) is 4.24. The highest BCUT2D eigenvalue weighted by Gasteiger charge is 2.25.